The molecule has 0 aliphatic heterocycles. The summed E-state index contributed by atoms with van der Waals surface area (Å²) in [5.41, 5.74) is 0.770. The number of methoxy groups -OCH3 is 1. The van der Waals surface area contributed by atoms with Crippen LogP contribution in [-0.4, -0.2) is 19.2 Å². The fourth-order valence-corrected chi connectivity index (χ4v) is 1.76. The molecule has 1 aliphatic rings. The van der Waals surface area contributed by atoms with Crippen LogP contribution in [-0.2, 0) is 0 Å². The van der Waals surface area contributed by atoms with Gasteiger partial charge >= 0.3 is 6.03 Å². The molecule has 0 heterocycles. The van der Waals surface area contributed by atoms with Gasteiger partial charge in [0.15, 0.2) is 0 Å². The van der Waals surface area contributed by atoms with Crippen molar-refractivity contribution in [2.45, 2.75) is 25.8 Å². The number of benzene rings is 1. The smallest absolute Gasteiger partial charge is 0.319 e. The van der Waals surface area contributed by atoms with Crippen molar-refractivity contribution in [3.8, 4) is 5.75 Å². The molecule has 1 saturated carbocycles. The van der Waals surface area contributed by atoms with E-state index in [0.717, 1.165) is 11.4 Å². The van der Waals surface area contributed by atoms with Gasteiger partial charge in [-0.3, -0.25) is 0 Å². The van der Waals surface area contributed by atoms with Gasteiger partial charge in [-0.2, -0.15) is 0 Å². The van der Waals surface area contributed by atoms with Gasteiger partial charge < -0.3 is 15.4 Å². The second-order valence-electron chi connectivity index (χ2n) is 4.45. The van der Waals surface area contributed by atoms with Crippen molar-refractivity contribution in [3.63, 3.8) is 0 Å². The van der Waals surface area contributed by atoms with Crippen molar-refractivity contribution >= 4 is 11.7 Å². The van der Waals surface area contributed by atoms with Crippen molar-refractivity contribution in [2.24, 2.45) is 5.92 Å². The monoisotopic (exact) mass is 234 g/mol. The number of hydrogen-bond acceptors (Lipinski definition) is 2. The zero-order chi connectivity index (χ0) is 12.3. The molecular formula is C13H18N2O2. The fourth-order valence-electron chi connectivity index (χ4n) is 1.76. The fraction of sp³-hybridized carbons (Fsp3) is 0.462. The molecule has 0 saturated heterocycles. The first-order chi connectivity index (χ1) is 8.19. The number of hydrogen-bond donors (Lipinski definition) is 2. The lowest BCUT2D eigenvalue weighted by Gasteiger charge is -2.13. The topological polar surface area (TPSA) is 50.4 Å². The summed E-state index contributed by atoms with van der Waals surface area (Å²) in [5.74, 6) is 1.44. The molecule has 1 aromatic rings. The van der Waals surface area contributed by atoms with Gasteiger partial charge in [0.1, 0.15) is 5.75 Å². The first kappa shape index (κ1) is 11.8. The number of rotatable bonds is 4. The summed E-state index contributed by atoms with van der Waals surface area (Å²) >= 11 is 0. The number of anilines is 1. The SMILES string of the molecule is COc1ccc(NC(=O)NC(C)C2CC2)cc1. The molecule has 0 radical (unpaired) electrons. The molecule has 4 nitrogen and oxygen atoms in total. The highest BCUT2D eigenvalue weighted by Crippen LogP contribution is 2.32. The second kappa shape index (κ2) is 5.08. The number of carbonyl (C=O) groups is 1. The van der Waals surface area contributed by atoms with Gasteiger partial charge in [-0.1, -0.05) is 0 Å². The number of ether oxygens (including phenoxy) is 1. The average Bonchev–Trinajstić information content (AvgIpc) is 3.13. The summed E-state index contributed by atoms with van der Waals surface area (Å²) in [7, 11) is 1.62. The van der Waals surface area contributed by atoms with Crippen LogP contribution in [0.15, 0.2) is 24.3 Å². The Morgan fingerprint density at radius 1 is 1.35 bits per heavy atom. The van der Waals surface area contributed by atoms with Crippen molar-refractivity contribution in [2.75, 3.05) is 12.4 Å². The minimum atomic E-state index is -0.144. The first-order valence-corrected chi connectivity index (χ1v) is 5.90. The van der Waals surface area contributed by atoms with Crippen LogP contribution in [0, 0.1) is 5.92 Å². The lowest BCUT2D eigenvalue weighted by Crippen LogP contribution is -2.37. The summed E-state index contributed by atoms with van der Waals surface area (Å²) < 4.78 is 5.05. The quantitative estimate of drug-likeness (QED) is 0.841. The van der Waals surface area contributed by atoms with Crippen molar-refractivity contribution < 1.29 is 9.53 Å². The van der Waals surface area contributed by atoms with Crippen LogP contribution in [0.2, 0.25) is 0 Å². The van der Waals surface area contributed by atoms with E-state index in [0.29, 0.717) is 5.92 Å². The van der Waals surface area contributed by atoms with Crippen LogP contribution in [0.25, 0.3) is 0 Å². The van der Waals surface area contributed by atoms with Crippen LogP contribution in [0.5, 0.6) is 5.75 Å². The molecule has 17 heavy (non-hydrogen) atoms. The standard InChI is InChI=1S/C13H18N2O2/c1-9(10-3-4-10)14-13(16)15-11-5-7-12(17-2)8-6-11/h5-10H,3-4H2,1-2H3,(H2,14,15,16). The van der Waals surface area contributed by atoms with E-state index in [2.05, 4.69) is 10.6 Å². The van der Waals surface area contributed by atoms with Crippen molar-refractivity contribution in [1.82, 2.24) is 5.32 Å². The van der Waals surface area contributed by atoms with E-state index in [1.54, 1.807) is 7.11 Å². The third-order valence-electron chi connectivity index (χ3n) is 3.04. The normalized spacial score (nSPS) is 16.1. The Hall–Kier alpha value is -1.71. The summed E-state index contributed by atoms with van der Waals surface area (Å²) in [6, 6.07) is 7.39. The highest BCUT2D eigenvalue weighted by Gasteiger charge is 2.28. The van der Waals surface area contributed by atoms with E-state index in [4.69, 9.17) is 4.74 Å². The van der Waals surface area contributed by atoms with Crippen LogP contribution in [0.3, 0.4) is 0 Å². The molecule has 0 aromatic heterocycles. The largest absolute Gasteiger partial charge is 0.497 e. The van der Waals surface area contributed by atoms with Gasteiger partial charge in [-0.25, -0.2) is 4.79 Å². The number of carbonyl (C=O) groups excluding carboxylic acids is 1. The second-order valence-corrected chi connectivity index (χ2v) is 4.45. The number of urea groups is 1. The van der Waals surface area contributed by atoms with Gasteiger partial charge in [0.05, 0.1) is 7.11 Å². The summed E-state index contributed by atoms with van der Waals surface area (Å²) in [6.45, 7) is 2.05. The molecule has 2 amide bonds. The molecule has 0 spiro atoms. The van der Waals surface area contributed by atoms with Crippen molar-refractivity contribution in [1.29, 1.82) is 0 Å². The van der Waals surface area contributed by atoms with Crippen LogP contribution < -0.4 is 15.4 Å². The average molecular weight is 234 g/mol. The Morgan fingerprint density at radius 3 is 2.53 bits per heavy atom. The van der Waals surface area contributed by atoms with E-state index >= 15 is 0 Å². The van der Waals surface area contributed by atoms with Gasteiger partial charge in [-0.15, -0.1) is 0 Å². The van der Waals surface area contributed by atoms with E-state index in [-0.39, 0.29) is 12.1 Å². The predicted molar refractivity (Wildman–Crippen MR) is 67.3 cm³/mol. The Labute approximate surface area is 101 Å². The zero-order valence-electron chi connectivity index (χ0n) is 10.2. The lowest BCUT2D eigenvalue weighted by atomic mass is 10.2. The number of nitrogens with one attached hydrogen (secondary N) is 2. The minimum absolute atomic E-state index is 0.144. The van der Waals surface area contributed by atoms with Crippen LogP contribution >= 0.6 is 0 Å². The van der Waals surface area contributed by atoms with E-state index in [9.17, 15) is 4.79 Å². The van der Waals surface area contributed by atoms with E-state index in [1.165, 1.54) is 12.8 Å². The molecule has 1 aliphatic carbocycles. The van der Waals surface area contributed by atoms with Crippen LogP contribution in [0.4, 0.5) is 10.5 Å². The van der Waals surface area contributed by atoms with E-state index < -0.39 is 0 Å². The van der Waals surface area contributed by atoms with Gasteiger partial charge in [-0.05, 0) is 49.9 Å². The maximum atomic E-state index is 11.7. The molecule has 1 aromatic carbocycles. The summed E-state index contributed by atoms with van der Waals surface area (Å²) in [5, 5.41) is 5.74. The minimum Gasteiger partial charge on any atom is -0.497 e. The third kappa shape index (κ3) is 3.37. The Bertz CT molecular complexity index is 385. The van der Waals surface area contributed by atoms with Crippen molar-refractivity contribution in [3.05, 3.63) is 24.3 Å². The molecule has 4 heteroatoms. The third-order valence-corrected chi connectivity index (χ3v) is 3.04. The highest BCUT2D eigenvalue weighted by atomic mass is 16.5. The molecule has 1 fully saturated rings. The predicted octanol–water partition coefficient (Wildman–Crippen LogP) is 2.62. The Morgan fingerprint density at radius 2 is 2.00 bits per heavy atom. The Kier molecular flexibility index (Phi) is 3.52. The maximum absolute atomic E-state index is 11.7. The molecule has 2 rings (SSSR count). The maximum Gasteiger partial charge on any atom is 0.319 e. The summed E-state index contributed by atoms with van der Waals surface area (Å²) in [4.78, 5) is 11.7. The molecule has 1 atom stereocenters. The summed E-state index contributed by atoms with van der Waals surface area (Å²) in [6.07, 6.45) is 2.45. The van der Waals surface area contributed by atoms with Gasteiger partial charge in [0.25, 0.3) is 0 Å². The molecule has 92 valence electrons. The molecule has 2 N–H and O–H groups in total. The lowest BCUT2D eigenvalue weighted by molar-refractivity contribution is 0.248. The van der Waals surface area contributed by atoms with E-state index in [1.807, 2.05) is 31.2 Å². The molecule has 0 bridgehead atoms. The van der Waals surface area contributed by atoms with Crippen LogP contribution in [0.1, 0.15) is 19.8 Å². The molecular weight excluding hydrogens is 216 g/mol. The Balaban J connectivity index is 1.84. The number of amides is 2. The zero-order valence-corrected chi connectivity index (χ0v) is 10.2. The molecule has 1 unspecified atom stereocenters. The van der Waals surface area contributed by atoms with Gasteiger partial charge in [0.2, 0.25) is 0 Å². The first-order valence-electron chi connectivity index (χ1n) is 5.90. The van der Waals surface area contributed by atoms with Gasteiger partial charge in [0, 0.05) is 11.7 Å². The highest BCUT2D eigenvalue weighted by molar-refractivity contribution is 5.89.